The SMILES string of the molecule is [CH]N(C)CCCCN(C)C. The third-order valence-electron chi connectivity index (χ3n) is 1.37. The van der Waals surface area contributed by atoms with Crippen molar-refractivity contribution in [3.8, 4) is 0 Å². The molecule has 0 heterocycles. The molecule has 0 fully saturated rings. The second kappa shape index (κ2) is 5.69. The van der Waals surface area contributed by atoms with Crippen molar-refractivity contribution in [1.82, 2.24) is 9.80 Å². The molecular formula is C8H18N2. The van der Waals surface area contributed by atoms with E-state index in [2.05, 4.69) is 19.0 Å². The zero-order valence-corrected chi connectivity index (χ0v) is 7.30. The minimum atomic E-state index is 0.994. The van der Waals surface area contributed by atoms with Gasteiger partial charge >= 0.3 is 0 Å². The molecule has 2 nitrogen and oxygen atoms in total. The molecule has 10 heavy (non-hydrogen) atoms. The van der Waals surface area contributed by atoms with Crippen LogP contribution in [0.5, 0.6) is 0 Å². The van der Waals surface area contributed by atoms with E-state index >= 15 is 0 Å². The highest BCUT2D eigenvalue weighted by atomic mass is 15.1. The van der Waals surface area contributed by atoms with Gasteiger partial charge in [-0.05, 0) is 47.1 Å². The monoisotopic (exact) mass is 142 g/mol. The van der Waals surface area contributed by atoms with Crippen LogP contribution >= 0.6 is 0 Å². The zero-order valence-electron chi connectivity index (χ0n) is 7.30. The first kappa shape index (κ1) is 9.92. The summed E-state index contributed by atoms with van der Waals surface area (Å²) in [5, 5.41) is 0. The van der Waals surface area contributed by atoms with Gasteiger partial charge in [0.25, 0.3) is 0 Å². The molecule has 0 rings (SSSR count). The van der Waals surface area contributed by atoms with Crippen LogP contribution in [0.4, 0.5) is 0 Å². The van der Waals surface area contributed by atoms with Crippen LogP contribution in [0.1, 0.15) is 12.8 Å². The third kappa shape index (κ3) is 7.92. The lowest BCUT2D eigenvalue weighted by molar-refractivity contribution is 0.367. The Morgan fingerprint density at radius 3 is 1.90 bits per heavy atom. The number of hydrogen-bond acceptors (Lipinski definition) is 2. The van der Waals surface area contributed by atoms with Gasteiger partial charge in [0.15, 0.2) is 0 Å². The van der Waals surface area contributed by atoms with Crippen LogP contribution in [0.3, 0.4) is 0 Å². The lowest BCUT2D eigenvalue weighted by atomic mass is 10.3. The molecule has 0 saturated heterocycles. The van der Waals surface area contributed by atoms with Crippen molar-refractivity contribution in [1.29, 1.82) is 0 Å². The molecule has 0 saturated carbocycles. The van der Waals surface area contributed by atoms with Gasteiger partial charge in [0.1, 0.15) is 0 Å². The fraction of sp³-hybridized carbons (Fsp3) is 0.875. The summed E-state index contributed by atoms with van der Waals surface area (Å²) in [4.78, 5) is 3.92. The number of rotatable bonds is 5. The molecule has 0 aliphatic heterocycles. The molecular weight excluding hydrogens is 124 g/mol. The maximum atomic E-state index is 5.43. The summed E-state index contributed by atoms with van der Waals surface area (Å²) >= 11 is 0. The van der Waals surface area contributed by atoms with Crippen LogP contribution in [-0.2, 0) is 0 Å². The maximum Gasteiger partial charge on any atom is 0.0435 e. The zero-order chi connectivity index (χ0) is 7.98. The molecule has 2 radical (unpaired) electrons. The predicted molar refractivity (Wildman–Crippen MR) is 44.7 cm³/mol. The van der Waals surface area contributed by atoms with Crippen molar-refractivity contribution in [2.75, 3.05) is 34.2 Å². The third-order valence-corrected chi connectivity index (χ3v) is 1.37. The fourth-order valence-corrected chi connectivity index (χ4v) is 0.789. The molecule has 0 aromatic rings. The molecule has 0 aliphatic rings. The fourth-order valence-electron chi connectivity index (χ4n) is 0.789. The van der Waals surface area contributed by atoms with Crippen molar-refractivity contribution < 1.29 is 0 Å². The van der Waals surface area contributed by atoms with E-state index in [4.69, 9.17) is 7.05 Å². The Kier molecular flexibility index (Phi) is 5.64. The van der Waals surface area contributed by atoms with Gasteiger partial charge in [-0.25, -0.2) is 0 Å². The quantitative estimate of drug-likeness (QED) is 0.416. The standard InChI is InChI=1S/C8H18N2/c1-9(2)7-5-6-8-10(3)4/h1H,5-8H2,2-4H3. The number of unbranched alkanes of at least 4 members (excludes halogenated alkanes) is 1. The average Bonchev–Trinajstić information content (AvgIpc) is 1.79. The lowest BCUT2D eigenvalue weighted by Crippen LogP contribution is -2.16. The van der Waals surface area contributed by atoms with Crippen LogP contribution in [0, 0.1) is 7.05 Å². The molecule has 0 unspecified atom stereocenters. The molecule has 0 spiro atoms. The molecule has 0 aromatic carbocycles. The summed E-state index contributed by atoms with van der Waals surface area (Å²) in [5.41, 5.74) is 0. The molecule has 0 bridgehead atoms. The van der Waals surface area contributed by atoms with E-state index in [1.165, 1.54) is 12.8 Å². The van der Waals surface area contributed by atoms with Gasteiger partial charge in [0, 0.05) is 7.05 Å². The van der Waals surface area contributed by atoms with Gasteiger partial charge in [-0.15, -0.1) is 0 Å². The smallest absolute Gasteiger partial charge is 0.0435 e. The Morgan fingerprint density at radius 1 is 1.00 bits per heavy atom. The van der Waals surface area contributed by atoms with Gasteiger partial charge < -0.3 is 9.80 Å². The van der Waals surface area contributed by atoms with Crippen LogP contribution in [0.25, 0.3) is 0 Å². The minimum absolute atomic E-state index is 0.994. The van der Waals surface area contributed by atoms with E-state index in [0.717, 1.165) is 13.1 Å². The molecule has 0 aromatic heterocycles. The van der Waals surface area contributed by atoms with E-state index < -0.39 is 0 Å². The minimum Gasteiger partial charge on any atom is -0.309 e. The predicted octanol–water partition coefficient (Wildman–Crippen LogP) is 0.929. The Bertz CT molecular complexity index is 59.7. The van der Waals surface area contributed by atoms with Crippen molar-refractivity contribution in [2.45, 2.75) is 12.8 Å². The van der Waals surface area contributed by atoms with Crippen molar-refractivity contribution in [3.05, 3.63) is 7.05 Å². The summed E-state index contributed by atoms with van der Waals surface area (Å²) in [6.45, 7) is 2.15. The highest BCUT2D eigenvalue weighted by Crippen LogP contribution is 1.91. The van der Waals surface area contributed by atoms with Crippen LogP contribution in [0.2, 0.25) is 0 Å². The van der Waals surface area contributed by atoms with Crippen LogP contribution < -0.4 is 0 Å². The van der Waals surface area contributed by atoms with E-state index in [9.17, 15) is 0 Å². The first-order chi connectivity index (χ1) is 4.63. The van der Waals surface area contributed by atoms with Crippen molar-refractivity contribution >= 4 is 0 Å². The first-order valence-corrected chi connectivity index (χ1v) is 3.73. The van der Waals surface area contributed by atoms with E-state index in [-0.39, 0.29) is 0 Å². The van der Waals surface area contributed by atoms with Crippen LogP contribution in [-0.4, -0.2) is 44.0 Å². The highest BCUT2D eigenvalue weighted by molar-refractivity contribution is 4.50. The molecule has 60 valence electrons. The maximum absolute atomic E-state index is 5.43. The summed E-state index contributed by atoms with van der Waals surface area (Å²) in [6.07, 6.45) is 2.42. The second-order valence-electron chi connectivity index (χ2n) is 2.99. The summed E-state index contributed by atoms with van der Waals surface area (Å²) < 4.78 is 0. The van der Waals surface area contributed by atoms with E-state index in [1.54, 1.807) is 4.90 Å². The van der Waals surface area contributed by atoms with E-state index in [0.29, 0.717) is 0 Å². The average molecular weight is 142 g/mol. The molecule has 0 N–H and O–H groups in total. The van der Waals surface area contributed by atoms with Gasteiger partial charge in [-0.3, -0.25) is 0 Å². The molecule has 2 heteroatoms. The summed E-state index contributed by atoms with van der Waals surface area (Å²) in [5.74, 6) is 0. The van der Waals surface area contributed by atoms with Gasteiger partial charge in [0.05, 0.1) is 0 Å². The van der Waals surface area contributed by atoms with E-state index in [1.807, 2.05) is 7.05 Å². The largest absolute Gasteiger partial charge is 0.309 e. The second-order valence-corrected chi connectivity index (χ2v) is 2.99. The molecule has 0 atom stereocenters. The van der Waals surface area contributed by atoms with Gasteiger partial charge in [0.2, 0.25) is 0 Å². The number of hydrogen-bond donors (Lipinski definition) is 0. The normalized spacial score (nSPS) is 11.4. The Hall–Kier alpha value is -0.0800. The van der Waals surface area contributed by atoms with Gasteiger partial charge in [-0.2, -0.15) is 0 Å². The summed E-state index contributed by atoms with van der Waals surface area (Å²) in [7, 11) is 11.5. The molecule has 0 amide bonds. The highest BCUT2D eigenvalue weighted by Gasteiger charge is 1.92. The first-order valence-electron chi connectivity index (χ1n) is 3.73. The van der Waals surface area contributed by atoms with Crippen molar-refractivity contribution in [3.63, 3.8) is 0 Å². The number of nitrogens with zero attached hydrogens (tertiary/aromatic N) is 2. The topological polar surface area (TPSA) is 6.48 Å². The lowest BCUT2D eigenvalue weighted by Gasteiger charge is -2.11. The summed E-state index contributed by atoms with van der Waals surface area (Å²) in [6, 6.07) is 0. The Balaban J connectivity index is 2.91. The Morgan fingerprint density at radius 2 is 1.50 bits per heavy atom. The Labute approximate surface area is 64.8 Å². The molecule has 0 aliphatic carbocycles. The van der Waals surface area contributed by atoms with Crippen LogP contribution in [0.15, 0.2) is 0 Å². The van der Waals surface area contributed by atoms with Gasteiger partial charge in [-0.1, -0.05) is 0 Å². The van der Waals surface area contributed by atoms with Crippen molar-refractivity contribution in [2.24, 2.45) is 0 Å².